The average Bonchev–Trinajstić information content (AvgIpc) is 2.65. The Morgan fingerprint density at radius 3 is 2.08 bits per heavy atom. The summed E-state index contributed by atoms with van der Waals surface area (Å²) in [6.07, 6.45) is 4.28. The third kappa shape index (κ3) is 5.06. The van der Waals surface area contributed by atoms with Crippen LogP contribution in [0, 0.1) is 13.8 Å². The summed E-state index contributed by atoms with van der Waals surface area (Å²) in [5.41, 5.74) is 6.51. The molecule has 0 nitrogen and oxygen atoms in total. The molecule has 0 saturated heterocycles. The van der Waals surface area contributed by atoms with Gasteiger partial charge in [0, 0.05) is 0 Å². The second-order valence-electron chi connectivity index (χ2n) is 5.60. The predicted octanol–water partition coefficient (Wildman–Crippen LogP) is 8.21. The van der Waals surface area contributed by atoms with Crippen LogP contribution in [0.4, 0.5) is 0 Å². The molecule has 0 aliphatic heterocycles. The molecular formula is C25H32. The molecule has 0 fully saturated rings. The molecule has 0 unspecified atom stereocenters. The fourth-order valence-corrected chi connectivity index (χ4v) is 2.88. The number of hydrogen-bond donors (Lipinski definition) is 0. The van der Waals surface area contributed by atoms with Gasteiger partial charge in [0.05, 0.1) is 0 Å². The third-order valence-corrected chi connectivity index (χ3v) is 3.94. The Labute approximate surface area is 154 Å². The first kappa shape index (κ1) is 20.7. The minimum atomic E-state index is 1.29. The molecule has 3 aromatic carbocycles. The van der Waals surface area contributed by atoms with Crippen LogP contribution >= 0.6 is 0 Å². The van der Waals surface area contributed by atoms with Gasteiger partial charge in [-0.2, -0.15) is 0 Å². The fraction of sp³-hybridized carbons (Fsp3) is 0.280. The maximum Gasteiger partial charge on any atom is -0.00993 e. The second kappa shape index (κ2) is 10.5. The molecule has 25 heavy (non-hydrogen) atoms. The minimum absolute atomic E-state index is 1.29. The molecule has 0 amide bonds. The van der Waals surface area contributed by atoms with Crippen molar-refractivity contribution in [2.75, 3.05) is 0 Å². The lowest BCUT2D eigenvalue weighted by Gasteiger charge is -2.10. The number of rotatable bonds is 2. The van der Waals surface area contributed by atoms with Crippen LogP contribution in [0.5, 0.6) is 0 Å². The van der Waals surface area contributed by atoms with Crippen molar-refractivity contribution in [3.63, 3.8) is 0 Å². The largest absolute Gasteiger partial charge is 0.0871 e. The summed E-state index contributed by atoms with van der Waals surface area (Å²) in [5, 5.41) is 2.63. The lowest BCUT2D eigenvalue weighted by atomic mass is 9.94. The van der Waals surface area contributed by atoms with E-state index in [0.29, 0.717) is 0 Å². The highest BCUT2D eigenvalue weighted by Gasteiger charge is 2.06. The number of aryl methyl sites for hydroxylation is 2. The van der Waals surface area contributed by atoms with Gasteiger partial charge in [-0.15, -0.1) is 0 Å². The maximum absolute atomic E-state index is 2.31. The van der Waals surface area contributed by atoms with Crippen LogP contribution in [-0.2, 0) is 0 Å². The van der Waals surface area contributed by atoms with Gasteiger partial charge in [0.25, 0.3) is 0 Å². The quantitative estimate of drug-likeness (QED) is 0.443. The number of benzene rings is 3. The van der Waals surface area contributed by atoms with Crippen molar-refractivity contribution in [3.8, 4) is 11.1 Å². The topological polar surface area (TPSA) is 0 Å². The number of hydrogen-bond acceptors (Lipinski definition) is 0. The number of fused-ring (bicyclic) bond motifs is 1. The minimum Gasteiger partial charge on any atom is -0.0871 e. The Morgan fingerprint density at radius 2 is 1.44 bits per heavy atom. The summed E-state index contributed by atoms with van der Waals surface area (Å²) in [6.45, 7) is 14.4. The Balaban J connectivity index is 0.000000730. The van der Waals surface area contributed by atoms with Crippen LogP contribution in [0.2, 0.25) is 0 Å². The van der Waals surface area contributed by atoms with E-state index in [4.69, 9.17) is 0 Å². The SMILES string of the molecule is C/C=C\c1cc2c(-c3cccc(C)c3)cccc2cc1C.CC.CC. The number of allylic oxidation sites excluding steroid dienone is 1. The molecule has 3 aromatic rings. The first-order valence-corrected chi connectivity index (χ1v) is 9.42. The summed E-state index contributed by atoms with van der Waals surface area (Å²) < 4.78 is 0. The molecule has 0 bridgehead atoms. The molecular weight excluding hydrogens is 300 g/mol. The van der Waals surface area contributed by atoms with E-state index in [2.05, 4.69) is 87.5 Å². The van der Waals surface area contributed by atoms with E-state index < -0.39 is 0 Å². The van der Waals surface area contributed by atoms with Gasteiger partial charge >= 0.3 is 0 Å². The van der Waals surface area contributed by atoms with Gasteiger partial charge in [-0.1, -0.05) is 93.9 Å². The van der Waals surface area contributed by atoms with E-state index in [1.807, 2.05) is 27.7 Å². The van der Waals surface area contributed by atoms with E-state index >= 15 is 0 Å². The van der Waals surface area contributed by atoms with Crippen LogP contribution in [0.1, 0.15) is 51.3 Å². The highest BCUT2D eigenvalue weighted by molar-refractivity contribution is 5.98. The first-order chi connectivity index (χ1) is 12.2. The van der Waals surface area contributed by atoms with E-state index in [0.717, 1.165) is 0 Å². The summed E-state index contributed by atoms with van der Waals surface area (Å²) in [5.74, 6) is 0. The van der Waals surface area contributed by atoms with Gasteiger partial charge in [0.1, 0.15) is 0 Å². The summed E-state index contributed by atoms with van der Waals surface area (Å²) >= 11 is 0. The predicted molar refractivity (Wildman–Crippen MR) is 116 cm³/mol. The Morgan fingerprint density at radius 1 is 0.760 bits per heavy atom. The van der Waals surface area contributed by atoms with Gasteiger partial charge < -0.3 is 0 Å². The van der Waals surface area contributed by atoms with Crippen molar-refractivity contribution < 1.29 is 0 Å². The lowest BCUT2D eigenvalue weighted by molar-refractivity contribution is 1.46. The maximum atomic E-state index is 2.31. The normalized spacial score (nSPS) is 10.0. The van der Waals surface area contributed by atoms with E-state index in [1.54, 1.807) is 0 Å². The van der Waals surface area contributed by atoms with Crippen molar-refractivity contribution in [3.05, 3.63) is 77.4 Å². The van der Waals surface area contributed by atoms with Crippen LogP contribution in [0.15, 0.2) is 60.7 Å². The van der Waals surface area contributed by atoms with Crippen molar-refractivity contribution in [1.29, 1.82) is 0 Å². The Bertz CT molecular complexity index is 823. The van der Waals surface area contributed by atoms with Crippen molar-refractivity contribution >= 4 is 16.8 Å². The zero-order valence-electron chi connectivity index (χ0n) is 16.9. The summed E-state index contributed by atoms with van der Waals surface area (Å²) in [7, 11) is 0. The average molecular weight is 333 g/mol. The van der Waals surface area contributed by atoms with Crippen LogP contribution in [0.3, 0.4) is 0 Å². The monoisotopic (exact) mass is 332 g/mol. The molecule has 0 heteroatoms. The van der Waals surface area contributed by atoms with Crippen LogP contribution in [0.25, 0.3) is 28.0 Å². The summed E-state index contributed by atoms with van der Waals surface area (Å²) in [6, 6.07) is 19.9. The van der Waals surface area contributed by atoms with Gasteiger partial charge in [-0.3, -0.25) is 0 Å². The van der Waals surface area contributed by atoms with Crippen LogP contribution < -0.4 is 0 Å². The highest BCUT2D eigenvalue weighted by Crippen LogP contribution is 2.31. The fourth-order valence-electron chi connectivity index (χ4n) is 2.88. The molecule has 0 aromatic heterocycles. The molecule has 132 valence electrons. The zero-order valence-corrected chi connectivity index (χ0v) is 16.9. The molecule has 3 rings (SSSR count). The van der Waals surface area contributed by atoms with Gasteiger partial charge in [-0.25, -0.2) is 0 Å². The zero-order chi connectivity index (χ0) is 18.8. The standard InChI is InChI=1S/C21H20.2C2H6/c1-4-7-17-14-21-19(13-16(17)3)10-6-11-20(21)18-9-5-8-15(2)12-18;2*1-2/h4-14H,1-3H3;2*1-2H3/b7-4-;;. The molecule has 0 saturated carbocycles. The molecule has 0 aliphatic rings. The molecule has 0 heterocycles. The van der Waals surface area contributed by atoms with E-state index in [9.17, 15) is 0 Å². The van der Waals surface area contributed by atoms with E-state index in [1.165, 1.54) is 38.6 Å². The molecule has 0 radical (unpaired) electrons. The molecule has 0 atom stereocenters. The van der Waals surface area contributed by atoms with Crippen molar-refractivity contribution in [2.45, 2.75) is 48.5 Å². The molecule has 0 aliphatic carbocycles. The smallest absolute Gasteiger partial charge is 0.00993 e. The Kier molecular flexibility index (Phi) is 8.70. The highest BCUT2D eigenvalue weighted by atomic mass is 14.1. The summed E-state index contributed by atoms with van der Waals surface area (Å²) in [4.78, 5) is 0. The van der Waals surface area contributed by atoms with Crippen LogP contribution in [-0.4, -0.2) is 0 Å². The lowest BCUT2D eigenvalue weighted by Crippen LogP contribution is -1.86. The molecule has 0 spiro atoms. The van der Waals surface area contributed by atoms with E-state index in [-0.39, 0.29) is 0 Å². The van der Waals surface area contributed by atoms with Gasteiger partial charge in [0.2, 0.25) is 0 Å². The van der Waals surface area contributed by atoms with Gasteiger partial charge in [-0.05, 0) is 59.9 Å². The first-order valence-electron chi connectivity index (χ1n) is 9.42. The van der Waals surface area contributed by atoms with Crippen molar-refractivity contribution in [2.24, 2.45) is 0 Å². The second-order valence-corrected chi connectivity index (χ2v) is 5.60. The third-order valence-electron chi connectivity index (χ3n) is 3.94. The Hall–Kier alpha value is -2.34. The molecule has 0 N–H and O–H groups in total. The van der Waals surface area contributed by atoms with Gasteiger partial charge in [0.15, 0.2) is 0 Å². The van der Waals surface area contributed by atoms with Crippen molar-refractivity contribution in [1.82, 2.24) is 0 Å².